The van der Waals surface area contributed by atoms with E-state index in [1.54, 1.807) is 12.1 Å². The van der Waals surface area contributed by atoms with Gasteiger partial charge in [0.2, 0.25) is 0 Å². The molecular weight excluding hydrogens is 252 g/mol. The summed E-state index contributed by atoms with van der Waals surface area (Å²) in [4.78, 5) is 12.1. The van der Waals surface area contributed by atoms with Crippen molar-refractivity contribution >= 4 is 17.7 Å². The standard InChI is InChI=1S/C16H14N2O2/c1-11-5-3-7-15(12(11)2)18-16(19)13(10-17)9-14-6-4-8-20-14/h3-9H,1-2H3,(H,18,19). The Bertz CT molecular complexity index is 692. The maximum absolute atomic E-state index is 12.1. The highest BCUT2D eigenvalue weighted by molar-refractivity contribution is 6.09. The fraction of sp³-hybridized carbons (Fsp3) is 0.125. The third kappa shape index (κ3) is 2.96. The van der Waals surface area contributed by atoms with Crippen molar-refractivity contribution in [3.8, 4) is 6.07 Å². The van der Waals surface area contributed by atoms with E-state index in [9.17, 15) is 4.79 Å². The van der Waals surface area contributed by atoms with Crippen LogP contribution in [0.4, 0.5) is 5.69 Å². The molecule has 4 heteroatoms. The molecule has 0 atom stereocenters. The van der Waals surface area contributed by atoms with Crippen LogP contribution in [0.25, 0.3) is 6.08 Å². The molecule has 0 spiro atoms. The van der Waals surface area contributed by atoms with E-state index in [1.165, 1.54) is 12.3 Å². The summed E-state index contributed by atoms with van der Waals surface area (Å²) in [5, 5.41) is 11.8. The van der Waals surface area contributed by atoms with Crippen LogP contribution in [0.5, 0.6) is 0 Å². The molecular formula is C16H14N2O2. The molecule has 1 amide bonds. The molecule has 1 aromatic carbocycles. The van der Waals surface area contributed by atoms with Crippen LogP contribution >= 0.6 is 0 Å². The van der Waals surface area contributed by atoms with Gasteiger partial charge in [0.1, 0.15) is 17.4 Å². The number of carbonyl (C=O) groups excluding carboxylic acids is 1. The lowest BCUT2D eigenvalue weighted by atomic mass is 10.1. The van der Waals surface area contributed by atoms with Gasteiger partial charge in [0.15, 0.2) is 0 Å². The molecule has 0 aliphatic heterocycles. The lowest BCUT2D eigenvalue weighted by Crippen LogP contribution is -2.14. The van der Waals surface area contributed by atoms with E-state index in [0.29, 0.717) is 11.4 Å². The van der Waals surface area contributed by atoms with Crippen LogP contribution in [0.15, 0.2) is 46.6 Å². The first-order valence-electron chi connectivity index (χ1n) is 6.14. The Morgan fingerprint density at radius 1 is 1.30 bits per heavy atom. The molecule has 20 heavy (non-hydrogen) atoms. The molecule has 0 aliphatic carbocycles. The lowest BCUT2D eigenvalue weighted by Gasteiger charge is -2.09. The van der Waals surface area contributed by atoms with Crippen LogP contribution < -0.4 is 5.32 Å². The number of hydrogen-bond acceptors (Lipinski definition) is 3. The highest BCUT2D eigenvalue weighted by Gasteiger charge is 2.11. The number of furan rings is 1. The summed E-state index contributed by atoms with van der Waals surface area (Å²) in [7, 11) is 0. The van der Waals surface area contributed by atoms with Gasteiger partial charge in [-0.3, -0.25) is 4.79 Å². The third-order valence-corrected chi connectivity index (χ3v) is 3.05. The van der Waals surface area contributed by atoms with E-state index in [4.69, 9.17) is 9.68 Å². The molecule has 1 N–H and O–H groups in total. The molecule has 0 unspecified atom stereocenters. The van der Waals surface area contributed by atoms with Gasteiger partial charge >= 0.3 is 0 Å². The Kier molecular flexibility index (Phi) is 4.02. The van der Waals surface area contributed by atoms with Crippen LogP contribution in [0.3, 0.4) is 0 Å². The van der Waals surface area contributed by atoms with Crippen molar-refractivity contribution in [3.05, 3.63) is 59.1 Å². The Labute approximate surface area is 117 Å². The average Bonchev–Trinajstić information content (AvgIpc) is 2.94. The van der Waals surface area contributed by atoms with E-state index in [1.807, 2.05) is 38.1 Å². The van der Waals surface area contributed by atoms with Crippen LogP contribution in [0.1, 0.15) is 16.9 Å². The molecule has 4 nitrogen and oxygen atoms in total. The van der Waals surface area contributed by atoms with Crippen molar-refractivity contribution in [1.82, 2.24) is 0 Å². The Morgan fingerprint density at radius 2 is 2.10 bits per heavy atom. The maximum atomic E-state index is 12.1. The lowest BCUT2D eigenvalue weighted by molar-refractivity contribution is -0.112. The summed E-state index contributed by atoms with van der Waals surface area (Å²) in [5.74, 6) is 0.0234. The number of nitriles is 1. The van der Waals surface area contributed by atoms with Crippen molar-refractivity contribution in [1.29, 1.82) is 5.26 Å². The minimum absolute atomic E-state index is 0.000793. The normalized spacial score (nSPS) is 10.9. The van der Waals surface area contributed by atoms with E-state index >= 15 is 0 Å². The third-order valence-electron chi connectivity index (χ3n) is 3.05. The van der Waals surface area contributed by atoms with Crippen LogP contribution in [0.2, 0.25) is 0 Å². The average molecular weight is 266 g/mol. The largest absolute Gasteiger partial charge is 0.465 e. The predicted octanol–water partition coefficient (Wildman–Crippen LogP) is 3.44. The van der Waals surface area contributed by atoms with Gasteiger partial charge in [-0.15, -0.1) is 0 Å². The van der Waals surface area contributed by atoms with E-state index < -0.39 is 5.91 Å². The molecule has 1 aromatic heterocycles. The minimum Gasteiger partial charge on any atom is -0.465 e. The Hall–Kier alpha value is -2.80. The molecule has 1 heterocycles. The zero-order valence-corrected chi connectivity index (χ0v) is 11.3. The number of benzene rings is 1. The number of nitrogens with one attached hydrogen (secondary N) is 1. The zero-order chi connectivity index (χ0) is 14.5. The molecule has 0 aliphatic rings. The second-order valence-electron chi connectivity index (χ2n) is 4.39. The zero-order valence-electron chi connectivity index (χ0n) is 11.3. The fourth-order valence-electron chi connectivity index (χ4n) is 1.74. The minimum atomic E-state index is -0.447. The number of aryl methyl sites for hydroxylation is 1. The highest BCUT2D eigenvalue weighted by Crippen LogP contribution is 2.19. The predicted molar refractivity (Wildman–Crippen MR) is 76.8 cm³/mol. The smallest absolute Gasteiger partial charge is 0.266 e. The monoisotopic (exact) mass is 266 g/mol. The molecule has 0 fully saturated rings. The van der Waals surface area contributed by atoms with Gasteiger partial charge < -0.3 is 9.73 Å². The molecule has 2 rings (SSSR count). The molecule has 2 aromatic rings. The fourth-order valence-corrected chi connectivity index (χ4v) is 1.74. The number of nitrogens with zero attached hydrogens (tertiary/aromatic N) is 1. The quantitative estimate of drug-likeness (QED) is 0.683. The molecule has 0 saturated heterocycles. The number of anilines is 1. The van der Waals surface area contributed by atoms with Gasteiger partial charge in [0, 0.05) is 11.8 Å². The number of rotatable bonds is 3. The summed E-state index contributed by atoms with van der Waals surface area (Å²) >= 11 is 0. The highest BCUT2D eigenvalue weighted by atomic mass is 16.3. The summed E-state index contributed by atoms with van der Waals surface area (Å²) in [6, 6.07) is 10.9. The summed E-state index contributed by atoms with van der Waals surface area (Å²) < 4.78 is 5.10. The van der Waals surface area contributed by atoms with E-state index in [-0.39, 0.29) is 5.57 Å². The summed E-state index contributed by atoms with van der Waals surface area (Å²) in [6.07, 6.45) is 2.91. The number of carbonyl (C=O) groups is 1. The first-order valence-corrected chi connectivity index (χ1v) is 6.14. The van der Waals surface area contributed by atoms with Crippen LogP contribution in [-0.2, 0) is 4.79 Å². The topological polar surface area (TPSA) is 66.0 Å². The van der Waals surface area contributed by atoms with Crippen LogP contribution in [-0.4, -0.2) is 5.91 Å². The van der Waals surface area contributed by atoms with Gasteiger partial charge in [0.25, 0.3) is 5.91 Å². The van der Waals surface area contributed by atoms with Crippen molar-refractivity contribution in [2.75, 3.05) is 5.32 Å². The molecule has 0 saturated carbocycles. The second kappa shape index (κ2) is 5.89. The molecule has 100 valence electrons. The number of hydrogen-bond donors (Lipinski definition) is 1. The van der Waals surface area contributed by atoms with Crippen LogP contribution in [0, 0.1) is 25.2 Å². The van der Waals surface area contributed by atoms with Crippen molar-refractivity contribution < 1.29 is 9.21 Å². The summed E-state index contributed by atoms with van der Waals surface area (Å²) in [5.41, 5.74) is 2.77. The molecule has 0 bridgehead atoms. The SMILES string of the molecule is Cc1cccc(NC(=O)C(C#N)=Cc2ccco2)c1C. The Morgan fingerprint density at radius 3 is 2.75 bits per heavy atom. The van der Waals surface area contributed by atoms with E-state index in [0.717, 1.165) is 11.1 Å². The van der Waals surface area contributed by atoms with E-state index in [2.05, 4.69) is 5.32 Å². The second-order valence-corrected chi connectivity index (χ2v) is 4.39. The van der Waals surface area contributed by atoms with Gasteiger partial charge in [0.05, 0.1) is 6.26 Å². The van der Waals surface area contributed by atoms with Crippen molar-refractivity contribution in [2.45, 2.75) is 13.8 Å². The van der Waals surface area contributed by atoms with Crippen molar-refractivity contribution in [2.24, 2.45) is 0 Å². The maximum Gasteiger partial charge on any atom is 0.266 e. The first-order chi connectivity index (χ1) is 9.61. The van der Waals surface area contributed by atoms with Gasteiger partial charge in [-0.25, -0.2) is 0 Å². The summed E-state index contributed by atoms with van der Waals surface area (Å²) in [6.45, 7) is 3.89. The molecule has 0 radical (unpaired) electrons. The first kappa shape index (κ1) is 13.6. The van der Waals surface area contributed by atoms with Gasteiger partial charge in [-0.2, -0.15) is 5.26 Å². The van der Waals surface area contributed by atoms with Gasteiger partial charge in [-0.05, 0) is 43.2 Å². The van der Waals surface area contributed by atoms with Crippen molar-refractivity contribution in [3.63, 3.8) is 0 Å². The number of amides is 1. The Balaban J connectivity index is 2.23. The van der Waals surface area contributed by atoms with Gasteiger partial charge in [-0.1, -0.05) is 12.1 Å².